The van der Waals surface area contributed by atoms with Crippen molar-refractivity contribution >= 4 is 5.82 Å². The molecular formula is C15H17F2N3. The van der Waals surface area contributed by atoms with Crippen molar-refractivity contribution in [2.45, 2.75) is 38.6 Å². The van der Waals surface area contributed by atoms with Crippen LogP contribution >= 0.6 is 0 Å². The van der Waals surface area contributed by atoms with E-state index in [0.29, 0.717) is 17.6 Å². The fourth-order valence-electron chi connectivity index (χ4n) is 2.46. The van der Waals surface area contributed by atoms with Gasteiger partial charge in [0.2, 0.25) is 0 Å². The summed E-state index contributed by atoms with van der Waals surface area (Å²) < 4.78 is 29.3. The van der Waals surface area contributed by atoms with Crippen LogP contribution < -0.4 is 5.73 Å². The second-order valence-electron chi connectivity index (χ2n) is 5.58. The van der Waals surface area contributed by atoms with Gasteiger partial charge in [0.1, 0.15) is 29.0 Å². The van der Waals surface area contributed by atoms with Crippen molar-refractivity contribution < 1.29 is 8.78 Å². The lowest BCUT2D eigenvalue weighted by Crippen LogP contribution is -2.06. The van der Waals surface area contributed by atoms with Gasteiger partial charge in [-0.05, 0) is 31.0 Å². The van der Waals surface area contributed by atoms with E-state index >= 15 is 0 Å². The van der Waals surface area contributed by atoms with Gasteiger partial charge in [0, 0.05) is 17.5 Å². The number of benzene rings is 1. The van der Waals surface area contributed by atoms with Crippen LogP contribution in [0.5, 0.6) is 0 Å². The molecule has 0 unspecified atom stereocenters. The van der Waals surface area contributed by atoms with Crippen LogP contribution in [0.2, 0.25) is 0 Å². The number of nitrogens with zero attached hydrogens (tertiary/aromatic N) is 2. The number of imidazole rings is 1. The van der Waals surface area contributed by atoms with Gasteiger partial charge in [0.15, 0.2) is 0 Å². The first-order chi connectivity index (χ1) is 9.49. The van der Waals surface area contributed by atoms with Gasteiger partial charge in [-0.2, -0.15) is 0 Å². The van der Waals surface area contributed by atoms with Crippen LogP contribution in [-0.4, -0.2) is 9.55 Å². The van der Waals surface area contributed by atoms with Crippen LogP contribution in [0.4, 0.5) is 14.6 Å². The summed E-state index contributed by atoms with van der Waals surface area (Å²) in [6.07, 6.45) is 2.12. The molecule has 3 rings (SSSR count). The Hall–Kier alpha value is -1.91. The number of aromatic nitrogens is 2. The van der Waals surface area contributed by atoms with Gasteiger partial charge in [0.05, 0.1) is 0 Å². The lowest BCUT2D eigenvalue weighted by molar-refractivity contribution is 0.602. The Morgan fingerprint density at radius 3 is 2.60 bits per heavy atom. The fraction of sp³-hybridized carbons (Fsp3) is 0.400. The standard InChI is InChI=1S/C15H17F2N3/c1-8(2)15-19-13(14(18)20(15)10-4-5-10)11-7-9(16)3-6-12(11)17/h3,6-8,10H,4-5,18H2,1-2H3. The summed E-state index contributed by atoms with van der Waals surface area (Å²) in [4.78, 5) is 4.47. The van der Waals surface area contributed by atoms with E-state index in [2.05, 4.69) is 4.98 Å². The first kappa shape index (κ1) is 13.1. The molecule has 0 aliphatic heterocycles. The Morgan fingerprint density at radius 1 is 1.30 bits per heavy atom. The van der Waals surface area contributed by atoms with E-state index in [4.69, 9.17) is 5.73 Å². The Morgan fingerprint density at radius 2 is 2.00 bits per heavy atom. The summed E-state index contributed by atoms with van der Waals surface area (Å²) in [7, 11) is 0. The summed E-state index contributed by atoms with van der Waals surface area (Å²) in [6, 6.07) is 3.70. The van der Waals surface area contributed by atoms with Crippen molar-refractivity contribution in [3.8, 4) is 11.3 Å². The monoisotopic (exact) mass is 277 g/mol. The summed E-state index contributed by atoms with van der Waals surface area (Å²) in [6.45, 7) is 4.04. The highest BCUT2D eigenvalue weighted by atomic mass is 19.1. The highest BCUT2D eigenvalue weighted by Crippen LogP contribution is 2.42. The smallest absolute Gasteiger partial charge is 0.132 e. The molecule has 0 spiro atoms. The maximum absolute atomic E-state index is 13.9. The molecule has 1 aromatic heterocycles. The van der Waals surface area contributed by atoms with Gasteiger partial charge in [-0.3, -0.25) is 0 Å². The number of nitrogen functional groups attached to an aromatic ring is 1. The van der Waals surface area contributed by atoms with E-state index in [1.54, 1.807) is 0 Å². The zero-order chi connectivity index (χ0) is 14.4. The van der Waals surface area contributed by atoms with Crippen LogP contribution in [0.25, 0.3) is 11.3 Å². The zero-order valence-corrected chi connectivity index (χ0v) is 11.5. The molecule has 1 fully saturated rings. The van der Waals surface area contributed by atoms with Crippen molar-refractivity contribution in [2.75, 3.05) is 5.73 Å². The molecule has 5 heteroatoms. The van der Waals surface area contributed by atoms with E-state index < -0.39 is 11.6 Å². The third-order valence-corrected chi connectivity index (χ3v) is 3.59. The maximum atomic E-state index is 13.9. The second kappa shape index (κ2) is 4.58. The third-order valence-electron chi connectivity index (χ3n) is 3.59. The number of hydrogen-bond donors (Lipinski definition) is 1. The maximum Gasteiger partial charge on any atom is 0.132 e. The number of anilines is 1. The molecule has 0 saturated heterocycles. The van der Waals surface area contributed by atoms with Gasteiger partial charge in [-0.15, -0.1) is 0 Å². The number of nitrogens with two attached hydrogens (primary N) is 1. The summed E-state index contributed by atoms with van der Waals surface area (Å²) in [5.41, 5.74) is 6.62. The average Bonchev–Trinajstić information content (AvgIpc) is 3.16. The van der Waals surface area contributed by atoms with E-state index in [0.717, 1.165) is 36.9 Å². The molecule has 0 atom stereocenters. The average molecular weight is 277 g/mol. The second-order valence-corrected chi connectivity index (χ2v) is 5.58. The van der Waals surface area contributed by atoms with Gasteiger partial charge in [-0.25, -0.2) is 13.8 Å². The summed E-state index contributed by atoms with van der Waals surface area (Å²) in [5, 5.41) is 0. The van der Waals surface area contributed by atoms with Gasteiger partial charge >= 0.3 is 0 Å². The largest absolute Gasteiger partial charge is 0.383 e. The van der Waals surface area contributed by atoms with Crippen LogP contribution in [0.3, 0.4) is 0 Å². The fourth-order valence-corrected chi connectivity index (χ4v) is 2.46. The molecule has 1 saturated carbocycles. The van der Waals surface area contributed by atoms with Crippen LogP contribution in [0, 0.1) is 11.6 Å². The molecule has 20 heavy (non-hydrogen) atoms. The molecule has 1 heterocycles. The van der Waals surface area contributed by atoms with Crippen molar-refractivity contribution in [2.24, 2.45) is 0 Å². The Bertz CT molecular complexity index is 657. The minimum Gasteiger partial charge on any atom is -0.383 e. The molecule has 1 aliphatic rings. The molecule has 1 aliphatic carbocycles. The first-order valence-electron chi connectivity index (χ1n) is 6.82. The van der Waals surface area contributed by atoms with Gasteiger partial charge < -0.3 is 10.3 Å². The predicted molar refractivity (Wildman–Crippen MR) is 74.4 cm³/mol. The quantitative estimate of drug-likeness (QED) is 0.925. The van der Waals surface area contributed by atoms with Crippen LogP contribution in [-0.2, 0) is 0 Å². The van der Waals surface area contributed by atoms with Crippen molar-refractivity contribution in [3.63, 3.8) is 0 Å². The highest BCUT2D eigenvalue weighted by Gasteiger charge is 2.31. The summed E-state index contributed by atoms with van der Waals surface area (Å²) >= 11 is 0. The van der Waals surface area contributed by atoms with Crippen LogP contribution in [0.1, 0.15) is 44.5 Å². The van der Waals surface area contributed by atoms with E-state index in [1.165, 1.54) is 0 Å². The Balaban J connectivity index is 2.19. The minimum absolute atomic E-state index is 0.129. The minimum atomic E-state index is -0.506. The molecule has 0 radical (unpaired) electrons. The topological polar surface area (TPSA) is 43.8 Å². The lowest BCUT2D eigenvalue weighted by Gasteiger charge is -2.10. The van der Waals surface area contributed by atoms with E-state index in [1.807, 2.05) is 18.4 Å². The molecule has 2 aromatic rings. The molecule has 3 nitrogen and oxygen atoms in total. The predicted octanol–water partition coefficient (Wildman–Crippen LogP) is 3.87. The van der Waals surface area contributed by atoms with Crippen molar-refractivity contribution in [3.05, 3.63) is 35.7 Å². The molecule has 0 amide bonds. The Labute approximate surface area is 116 Å². The van der Waals surface area contributed by atoms with Gasteiger partial charge in [-0.1, -0.05) is 13.8 Å². The normalized spacial score (nSPS) is 15.1. The third kappa shape index (κ3) is 2.07. The molecule has 106 valence electrons. The molecule has 2 N–H and O–H groups in total. The lowest BCUT2D eigenvalue weighted by atomic mass is 10.1. The van der Waals surface area contributed by atoms with E-state index in [-0.39, 0.29) is 11.5 Å². The van der Waals surface area contributed by atoms with E-state index in [9.17, 15) is 8.78 Å². The molecular weight excluding hydrogens is 260 g/mol. The van der Waals surface area contributed by atoms with Crippen molar-refractivity contribution in [1.82, 2.24) is 9.55 Å². The number of hydrogen-bond acceptors (Lipinski definition) is 2. The van der Waals surface area contributed by atoms with Gasteiger partial charge in [0.25, 0.3) is 0 Å². The SMILES string of the molecule is CC(C)c1nc(-c2cc(F)ccc2F)c(N)n1C1CC1. The number of rotatable bonds is 3. The highest BCUT2D eigenvalue weighted by molar-refractivity contribution is 5.72. The van der Waals surface area contributed by atoms with Crippen LogP contribution in [0.15, 0.2) is 18.2 Å². The molecule has 1 aromatic carbocycles. The first-order valence-corrected chi connectivity index (χ1v) is 6.82. The molecule has 0 bridgehead atoms. The van der Waals surface area contributed by atoms with Crippen molar-refractivity contribution in [1.29, 1.82) is 0 Å². The Kier molecular flexibility index (Phi) is 3.00. The summed E-state index contributed by atoms with van der Waals surface area (Å²) in [5.74, 6) is 0.453. The number of halogens is 2. The zero-order valence-electron chi connectivity index (χ0n) is 11.5.